The van der Waals surface area contributed by atoms with Crippen LogP contribution in [-0.2, 0) is 13.0 Å². The van der Waals surface area contributed by atoms with Gasteiger partial charge in [0.15, 0.2) is 0 Å². The van der Waals surface area contributed by atoms with Crippen molar-refractivity contribution in [2.75, 3.05) is 6.54 Å². The zero-order valence-electron chi connectivity index (χ0n) is 11.6. The lowest BCUT2D eigenvalue weighted by molar-refractivity contribution is 0.0313. The van der Waals surface area contributed by atoms with Crippen molar-refractivity contribution in [2.24, 2.45) is 0 Å². The van der Waals surface area contributed by atoms with Gasteiger partial charge in [0.25, 0.3) is 0 Å². The van der Waals surface area contributed by atoms with Crippen LogP contribution in [0.5, 0.6) is 0 Å². The molecule has 0 bridgehead atoms. The summed E-state index contributed by atoms with van der Waals surface area (Å²) >= 11 is 0. The Balaban J connectivity index is 2.13. The fourth-order valence-corrected chi connectivity index (χ4v) is 2.88. The van der Waals surface area contributed by atoms with E-state index in [9.17, 15) is 5.11 Å². The average molecular weight is 252 g/mol. The molecule has 1 saturated heterocycles. The number of rotatable bonds is 4. The molecule has 1 aliphatic rings. The van der Waals surface area contributed by atoms with E-state index >= 15 is 0 Å². The van der Waals surface area contributed by atoms with E-state index in [1.54, 1.807) is 0 Å². The predicted octanol–water partition coefficient (Wildman–Crippen LogP) is 2.28. The highest BCUT2D eigenvalue weighted by Crippen LogP contribution is 2.24. The first-order valence-electron chi connectivity index (χ1n) is 6.99. The Morgan fingerprint density at radius 3 is 2.94 bits per heavy atom. The molecular formula is C14H24N2O2. The Bertz CT molecular complexity index is 387. The maximum Gasteiger partial charge on any atom is 0.138 e. The third kappa shape index (κ3) is 2.75. The van der Waals surface area contributed by atoms with Crippen LogP contribution in [0.3, 0.4) is 0 Å². The van der Waals surface area contributed by atoms with Crippen LogP contribution >= 0.6 is 0 Å². The minimum absolute atomic E-state index is 0.268. The first kappa shape index (κ1) is 13.6. The first-order valence-corrected chi connectivity index (χ1v) is 6.99. The Kier molecular flexibility index (Phi) is 4.40. The van der Waals surface area contributed by atoms with Gasteiger partial charge in [0, 0.05) is 18.2 Å². The highest BCUT2D eigenvalue weighted by Gasteiger charge is 2.27. The number of nitrogens with zero attached hydrogens (tertiary/aromatic N) is 2. The van der Waals surface area contributed by atoms with Crippen LogP contribution in [0, 0.1) is 6.92 Å². The highest BCUT2D eigenvalue weighted by molar-refractivity contribution is 5.22. The van der Waals surface area contributed by atoms with Crippen LogP contribution in [0.25, 0.3) is 0 Å². The average Bonchev–Trinajstić information content (AvgIpc) is 2.71. The molecule has 0 radical (unpaired) electrons. The van der Waals surface area contributed by atoms with Crippen molar-refractivity contribution < 1.29 is 9.63 Å². The van der Waals surface area contributed by atoms with Crippen LogP contribution in [0.4, 0.5) is 0 Å². The molecule has 1 fully saturated rings. The predicted molar refractivity (Wildman–Crippen MR) is 70.3 cm³/mol. The van der Waals surface area contributed by atoms with Crippen molar-refractivity contribution >= 4 is 0 Å². The van der Waals surface area contributed by atoms with E-state index in [0.29, 0.717) is 0 Å². The standard InChI is InChI=1S/C14H24N2O2/c1-4-13-12(11(3)18-15-13)9-16-8-6-5-7-14(16)10(2)17/h10,14,17H,4-9H2,1-3H3. The molecule has 2 heterocycles. The van der Waals surface area contributed by atoms with Crippen molar-refractivity contribution in [1.29, 1.82) is 0 Å². The van der Waals surface area contributed by atoms with Gasteiger partial charge in [-0.3, -0.25) is 4.90 Å². The lowest BCUT2D eigenvalue weighted by Crippen LogP contribution is -2.45. The molecule has 0 aliphatic carbocycles. The van der Waals surface area contributed by atoms with E-state index in [4.69, 9.17) is 4.52 Å². The molecule has 4 heteroatoms. The summed E-state index contributed by atoms with van der Waals surface area (Å²) in [6, 6.07) is 0.276. The number of piperidine rings is 1. The summed E-state index contributed by atoms with van der Waals surface area (Å²) in [7, 11) is 0. The lowest BCUT2D eigenvalue weighted by atomic mass is 9.97. The van der Waals surface area contributed by atoms with Crippen LogP contribution in [0.15, 0.2) is 4.52 Å². The third-order valence-electron chi connectivity index (χ3n) is 3.98. The number of hydrogen-bond acceptors (Lipinski definition) is 4. The van der Waals surface area contributed by atoms with Crippen LogP contribution in [-0.4, -0.2) is 33.9 Å². The van der Waals surface area contributed by atoms with Crippen molar-refractivity contribution in [2.45, 2.75) is 65.1 Å². The molecule has 0 amide bonds. The van der Waals surface area contributed by atoms with Gasteiger partial charge < -0.3 is 9.63 Å². The smallest absolute Gasteiger partial charge is 0.138 e. The number of aryl methyl sites for hydroxylation is 2. The molecule has 1 N–H and O–H groups in total. The number of hydrogen-bond donors (Lipinski definition) is 1. The van der Waals surface area contributed by atoms with Gasteiger partial charge in [0.1, 0.15) is 5.76 Å². The van der Waals surface area contributed by atoms with Crippen molar-refractivity contribution in [3.8, 4) is 0 Å². The molecule has 0 spiro atoms. The lowest BCUT2D eigenvalue weighted by Gasteiger charge is -2.37. The highest BCUT2D eigenvalue weighted by atomic mass is 16.5. The van der Waals surface area contributed by atoms with Gasteiger partial charge in [-0.15, -0.1) is 0 Å². The largest absolute Gasteiger partial charge is 0.392 e. The summed E-state index contributed by atoms with van der Waals surface area (Å²) < 4.78 is 5.28. The molecule has 0 saturated carbocycles. The zero-order valence-corrected chi connectivity index (χ0v) is 11.6. The SMILES string of the molecule is CCc1noc(C)c1CN1CCCCC1C(C)O. The molecule has 1 aromatic heterocycles. The first-order chi connectivity index (χ1) is 8.63. The number of aliphatic hydroxyl groups excluding tert-OH is 1. The summed E-state index contributed by atoms with van der Waals surface area (Å²) in [5.74, 6) is 0.918. The fourth-order valence-electron chi connectivity index (χ4n) is 2.88. The molecule has 1 aromatic rings. The Hall–Kier alpha value is -0.870. The molecule has 18 heavy (non-hydrogen) atoms. The molecule has 2 rings (SSSR count). The van der Waals surface area contributed by atoms with Gasteiger partial charge >= 0.3 is 0 Å². The minimum atomic E-state index is -0.268. The normalized spacial score (nSPS) is 23.2. The van der Waals surface area contributed by atoms with Gasteiger partial charge in [-0.1, -0.05) is 18.5 Å². The summed E-state index contributed by atoms with van der Waals surface area (Å²) in [5, 5.41) is 14.0. The monoisotopic (exact) mass is 252 g/mol. The van der Waals surface area contributed by atoms with Crippen molar-refractivity contribution in [1.82, 2.24) is 10.1 Å². The van der Waals surface area contributed by atoms with Gasteiger partial charge in [0.05, 0.1) is 11.8 Å². The zero-order chi connectivity index (χ0) is 13.1. The second-order valence-corrected chi connectivity index (χ2v) is 5.29. The molecule has 1 aliphatic heterocycles. The summed E-state index contributed by atoms with van der Waals surface area (Å²) in [6.07, 6.45) is 4.16. The molecule has 102 valence electrons. The number of aliphatic hydroxyl groups is 1. The van der Waals surface area contributed by atoms with E-state index in [-0.39, 0.29) is 12.1 Å². The molecular weight excluding hydrogens is 228 g/mol. The van der Waals surface area contributed by atoms with Crippen LogP contribution in [0.2, 0.25) is 0 Å². The number of likely N-dealkylation sites (tertiary alicyclic amines) is 1. The van der Waals surface area contributed by atoms with Gasteiger partial charge in [0.2, 0.25) is 0 Å². The molecule has 0 aromatic carbocycles. The van der Waals surface area contributed by atoms with E-state index < -0.39 is 0 Å². The van der Waals surface area contributed by atoms with E-state index in [0.717, 1.165) is 37.4 Å². The fraction of sp³-hybridized carbons (Fsp3) is 0.786. The van der Waals surface area contributed by atoms with E-state index in [1.807, 2.05) is 13.8 Å². The van der Waals surface area contributed by atoms with Gasteiger partial charge in [-0.05, 0) is 39.7 Å². The summed E-state index contributed by atoms with van der Waals surface area (Å²) in [4.78, 5) is 2.38. The number of aromatic nitrogens is 1. The van der Waals surface area contributed by atoms with Crippen LogP contribution in [0.1, 0.15) is 50.1 Å². The molecule has 2 unspecified atom stereocenters. The summed E-state index contributed by atoms with van der Waals surface area (Å²) in [5.41, 5.74) is 2.27. The molecule has 2 atom stereocenters. The maximum absolute atomic E-state index is 9.89. The topological polar surface area (TPSA) is 49.5 Å². The van der Waals surface area contributed by atoms with E-state index in [1.165, 1.54) is 18.4 Å². The van der Waals surface area contributed by atoms with Gasteiger partial charge in [-0.25, -0.2) is 0 Å². The third-order valence-corrected chi connectivity index (χ3v) is 3.98. The quantitative estimate of drug-likeness (QED) is 0.893. The Morgan fingerprint density at radius 1 is 1.50 bits per heavy atom. The van der Waals surface area contributed by atoms with E-state index in [2.05, 4.69) is 17.0 Å². The van der Waals surface area contributed by atoms with Gasteiger partial charge in [-0.2, -0.15) is 0 Å². The second kappa shape index (κ2) is 5.85. The van der Waals surface area contributed by atoms with Crippen molar-refractivity contribution in [3.63, 3.8) is 0 Å². The minimum Gasteiger partial charge on any atom is -0.392 e. The second-order valence-electron chi connectivity index (χ2n) is 5.29. The Labute approximate surface area is 109 Å². The van der Waals surface area contributed by atoms with Crippen molar-refractivity contribution in [3.05, 3.63) is 17.0 Å². The summed E-state index contributed by atoms with van der Waals surface area (Å²) in [6.45, 7) is 7.88. The van der Waals surface area contributed by atoms with Crippen LogP contribution < -0.4 is 0 Å². The Morgan fingerprint density at radius 2 is 2.28 bits per heavy atom. The molecule has 4 nitrogen and oxygen atoms in total. The maximum atomic E-state index is 9.89.